The highest BCUT2D eigenvalue weighted by Gasteiger charge is 2.26. The summed E-state index contributed by atoms with van der Waals surface area (Å²) in [4.78, 5) is 2.21. The molecule has 1 fully saturated rings. The molecule has 0 aromatic heterocycles. The molecule has 1 heterocycles. The zero-order valence-corrected chi connectivity index (χ0v) is 11.9. The van der Waals surface area contributed by atoms with E-state index in [2.05, 4.69) is 4.72 Å². The highest BCUT2D eigenvalue weighted by Crippen LogP contribution is 2.27. The maximum atomic E-state index is 12.2. The third-order valence-electron chi connectivity index (χ3n) is 3.20. The summed E-state index contributed by atoms with van der Waals surface area (Å²) in [6.45, 7) is 3.52. The highest BCUT2D eigenvalue weighted by atomic mass is 32.2. The van der Waals surface area contributed by atoms with Crippen molar-refractivity contribution in [1.29, 1.82) is 0 Å². The second-order valence-corrected chi connectivity index (χ2v) is 6.49. The third-order valence-corrected chi connectivity index (χ3v) is 4.71. The van der Waals surface area contributed by atoms with E-state index in [0.717, 1.165) is 6.42 Å². The van der Waals surface area contributed by atoms with Gasteiger partial charge in [-0.25, -0.2) is 13.1 Å². The lowest BCUT2D eigenvalue weighted by Gasteiger charge is -2.21. The Balaban J connectivity index is 2.31. The molecule has 1 atom stereocenters. The van der Waals surface area contributed by atoms with E-state index >= 15 is 0 Å². The van der Waals surface area contributed by atoms with Crippen molar-refractivity contribution in [1.82, 2.24) is 4.72 Å². The number of aliphatic hydroxyl groups is 1. The fourth-order valence-corrected chi connectivity index (χ4v) is 3.58. The van der Waals surface area contributed by atoms with E-state index in [1.54, 1.807) is 18.2 Å². The first-order valence-corrected chi connectivity index (χ1v) is 8.04. The molecule has 0 saturated carbocycles. The molecule has 0 bridgehead atoms. The molecule has 2 rings (SSSR count). The Morgan fingerprint density at radius 1 is 1.42 bits per heavy atom. The summed E-state index contributed by atoms with van der Waals surface area (Å²) in [7, 11) is -3.48. The number of β-amino-alcohol motifs (C(OH)–C–C–N with tert-alkyl or cyclic N) is 1. The minimum absolute atomic E-state index is 0.289. The summed E-state index contributed by atoms with van der Waals surface area (Å²) in [6.07, 6.45) is 1.06. The van der Waals surface area contributed by atoms with Crippen LogP contribution >= 0.6 is 0 Å². The van der Waals surface area contributed by atoms with Gasteiger partial charge < -0.3 is 10.0 Å². The van der Waals surface area contributed by atoms with Gasteiger partial charge in [-0.3, -0.25) is 0 Å². The van der Waals surface area contributed by atoms with Crippen molar-refractivity contribution in [2.45, 2.75) is 30.8 Å². The van der Waals surface area contributed by atoms with Crippen LogP contribution in [0.5, 0.6) is 0 Å². The SMILES string of the molecule is CCCNS(=O)(=O)c1ccccc1N1CC[C@@H](O)C1. The molecule has 106 valence electrons. The van der Waals surface area contributed by atoms with Gasteiger partial charge in [0.2, 0.25) is 10.0 Å². The van der Waals surface area contributed by atoms with Crippen molar-refractivity contribution in [3.8, 4) is 0 Å². The fraction of sp³-hybridized carbons (Fsp3) is 0.538. The number of rotatable bonds is 5. The van der Waals surface area contributed by atoms with Crippen LogP contribution in [0.2, 0.25) is 0 Å². The lowest BCUT2D eigenvalue weighted by molar-refractivity contribution is 0.198. The van der Waals surface area contributed by atoms with Gasteiger partial charge in [0.1, 0.15) is 4.90 Å². The number of sulfonamides is 1. The second-order valence-electron chi connectivity index (χ2n) is 4.75. The van der Waals surface area contributed by atoms with E-state index in [-0.39, 0.29) is 11.0 Å². The molecular formula is C13H20N2O3S. The maximum absolute atomic E-state index is 12.2. The largest absolute Gasteiger partial charge is 0.391 e. The molecule has 1 saturated heterocycles. The van der Waals surface area contributed by atoms with E-state index in [1.165, 1.54) is 0 Å². The Kier molecular flexibility index (Phi) is 4.44. The topological polar surface area (TPSA) is 69.6 Å². The van der Waals surface area contributed by atoms with Gasteiger partial charge in [-0.2, -0.15) is 0 Å². The van der Waals surface area contributed by atoms with Gasteiger partial charge in [0, 0.05) is 19.6 Å². The number of aliphatic hydroxyl groups excluding tert-OH is 1. The summed E-state index contributed by atoms with van der Waals surface area (Å²) < 4.78 is 27.1. The van der Waals surface area contributed by atoms with Crippen LogP contribution in [0.3, 0.4) is 0 Å². The molecule has 1 aliphatic heterocycles. The molecule has 0 amide bonds. The molecule has 0 aliphatic carbocycles. The zero-order chi connectivity index (χ0) is 13.9. The molecule has 6 heteroatoms. The molecule has 0 radical (unpaired) electrons. The van der Waals surface area contributed by atoms with Crippen LogP contribution in [0.25, 0.3) is 0 Å². The highest BCUT2D eigenvalue weighted by molar-refractivity contribution is 7.89. The smallest absolute Gasteiger partial charge is 0.242 e. The van der Waals surface area contributed by atoms with Crippen molar-refractivity contribution in [3.63, 3.8) is 0 Å². The molecule has 0 spiro atoms. The number of nitrogens with zero attached hydrogens (tertiary/aromatic N) is 1. The second kappa shape index (κ2) is 5.90. The van der Waals surface area contributed by atoms with E-state index in [9.17, 15) is 13.5 Å². The number of benzene rings is 1. The predicted molar refractivity (Wildman–Crippen MR) is 74.8 cm³/mol. The Hall–Kier alpha value is -1.11. The van der Waals surface area contributed by atoms with Crippen LogP contribution in [0, 0.1) is 0 Å². The Morgan fingerprint density at radius 3 is 2.79 bits per heavy atom. The quantitative estimate of drug-likeness (QED) is 0.844. The fourth-order valence-electron chi connectivity index (χ4n) is 2.22. The third kappa shape index (κ3) is 3.26. The summed E-state index contributed by atoms with van der Waals surface area (Å²) in [6, 6.07) is 6.94. The van der Waals surface area contributed by atoms with Crippen molar-refractivity contribution < 1.29 is 13.5 Å². The molecule has 1 aromatic rings. The van der Waals surface area contributed by atoms with E-state index in [4.69, 9.17) is 0 Å². The van der Waals surface area contributed by atoms with Crippen molar-refractivity contribution >= 4 is 15.7 Å². The standard InChI is InChI=1S/C13H20N2O3S/c1-2-8-14-19(17,18)13-6-4-3-5-12(13)15-9-7-11(16)10-15/h3-6,11,14,16H,2,7-10H2,1H3/t11-/m1/s1. The average molecular weight is 284 g/mol. The predicted octanol–water partition coefficient (Wildman–Crippen LogP) is 0.946. The molecule has 1 aromatic carbocycles. The molecule has 1 aliphatic rings. The molecule has 0 unspecified atom stereocenters. The van der Waals surface area contributed by atoms with Crippen LogP contribution in [-0.4, -0.2) is 39.3 Å². The van der Waals surface area contributed by atoms with E-state index in [1.807, 2.05) is 17.9 Å². The molecule has 19 heavy (non-hydrogen) atoms. The molecule has 2 N–H and O–H groups in total. The Bertz CT molecular complexity index is 530. The summed E-state index contributed by atoms with van der Waals surface area (Å²) in [5, 5.41) is 9.59. The minimum Gasteiger partial charge on any atom is -0.391 e. The van der Waals surface area contributed by atoms with Crippen molar-refractivity contribution in [2.75, 3.05) is 24.5 Å². The van der Waals surface area contributed by atoms with Gasteiger partial charge in [0.15, 0.2) is 0 Å². The summed E-state index contributed by atoms with van der Waals surface area (Å²) in [5.74, 6) is 0. The number of hydrogen-bond acceptors (Lipinski definition) is 4. The monoisotopic (exact) mass is 284 g/mol. The van der Waals surface area contributed by atoms with Gasteiger partial charge in [0.25, 0.3) is 0 Å². The van der Waals surface area contributed by atoms with Crippen LogP contribution in [0.15, 0.2) is 29.2 Å². The van der Waals surface area contributed by atoms with Gasteiger partial charge in [-0.1, -0.05) is 19.1 Å². The van der Waals surface area contributed by atoms with Gasteiger partial charge >= 0.3 is 0 Å². The number of nitrogens with one attached hydrogen (secondary N) is 1. The summed E-state index contributed by atoms with van der Waals surface area (Å²) in [5.41, 5.74) is 0.669. The van der Waals surface area contributed by atoms with Gasteiger partial charge in [-0.05, 0) is 25.0 Å². The number of para-hydroxylation sites is 1. The van der Waals surface area contributed by atoms with Crippen molar-refractivity contribution in [3.05, 3.63) is 24.3 Å². The van der Waals surface area contributed by atoms with Crippen LogP contribution < -0.4 is 9.62 Å². The minimum atomic E-state index is -3.48. The maximum Gasteiger partial charge on any atom is 0.242 e. The first kappa shape index (κ1) is 14.3. The van der Waals surface area contributed by atoms with Crippen LogP contribution in [-0.2, 0) is 10.0 Å². The van der Waals surface area contributed by atoms with E-state index < -0.39 is 10.0 Å². The van der Waals surface area contributed by atoms with Crippen LogP contribution in [0.1, 0.15) is 19.8 Å². The van der Waals surface area contributed by atoms with Gasteiger partial charge in [-0.15, -0.1) is 0 Å². The van der Waals surface area contributed by atoms with E-state index in [0.29, 0.717) is 31.7 Å². The number of anilines is 1. The molecule has 5 nitrogen and oxygen atoms in total. The normalized spacial score (nSPS) is 19.9. The summed E-state index contributed by atoms with van der Waals surface area (Å²) >= 11 is 0. The zero-order valence-electron chi connectivity index (χ0n) is 11.0. The first-order valence-electron chi connectivity index (χ1n) is 6.56. The van der Waals surface area contributed by atoms with Crippen LogP contribution in [0.4, 0.5) is 5.69 Å². The lowest BCUT2D eigenvalue weighted by atomic mass is 10.3. The lowest BCUT2D eigenvalue weighted by Crippen LogP contribution is -2.28. The number of hydrogen-bond donors (Lipinski definition) is 2. The van der Waals surface area contributed by atoms with Gasteiger partial charge in [0.05, 0.1) is 11.8 Å². The first-order chi connectivity index (χ1) is 9.04. The Morgan fingerprint density at radius 2 is 2.16 bits per heavy atom. The molecular weight excluding hydrogens is 264 g/mol. The average Bonchev–Trinajstić information content (AvgIpc) is 2.83. The van der Waals surface area contributed by atoms with Crippen molar-refractivity contribution in [2.24, 2.45) is 0 Å². The Labute approximate surface area is 114 Å².